The first-order valence-corrected chi connectivity index (χ1v) is 12.2. The topological polar surface area (TPSA) is 69.9 Å². The molecule has 0 saturated carbocycles. The second-order valence-corrected chi connectivity index (χ2v) is 9.14. The van der Waals surface area contributed by atoms with Crippen molar-refractivity contribution < 1.29 is 9.72 Å². The predicted molar refractivity (Wildman–Crippen MR) is 136 cm³/mol. The van der Waals surface area contributed by atoms with E-state index in [1.54, 1.807) is 12.1 Å². The monoisotopic (exact) mass is 458 g/mol. The Kier molecular flexibility index (Phi) is 6.20. The van der Waals surface area contributed by atoms with Crippen LogP contribution < -0.4 is 9.80 Å². The predicted octanol–water partition coefficient (Wildman–Crippen LogP) is 5.22. The third-order valence-corrected chi connectivity index (χ3v) is 7.01. The average Bonchev–Trinajstić information content (AvgIpc) is 2.98. The number of carbonyl (C=O) groups excluding carboxylic acids is 1. The number of rotatable bonds is 7. The Morgan fingerprint density at radius 1 is 0.941 bits per heavy atom. The van der Waals surface area contributed by atoms with Crippen molar-refractivity contribution in [3.8, 4) is 0 Å². The molecule has 2 aliphatic heterocycles. The summed E-state index contributed by atoms with van der Waals surface area (Å²) in [4.78, 5) is 30.8. The number of benzene rings is 3. The molecule has 3 aromatic carbocycles. The Labute approximate surface area is 199 Å². The largest absolute Gasteiger partial charge is 0.370 e. The number of unbranched alkanes of at least 4 members (excludes halogenated alkanes) is 1. The van der Waals surface area contributed by atoms with Gasteiger partial charge in [-0.2, -0.15) is 0 Å². The fourth-order valence-electron chi connectivity index (χ4n) is 5.28. The number of carbonyl (C=O) groups is 1. The number of nitro groups is 1. The maximum absolute atomic E-state index is 13.1. The Morgan fingerprint density at radius 3 is 2.59 bits per heavy atom. The van der Waals surface area contributed by atoms with E-state index in [-0.39, 0.29) is 16.5 Å². The van der Waals surface area contributed by atoms with Crippen LogP contribution in [0, 0.1) is 10.1 Å². The summed E-state index contributed by atoms with van der Waals surface area (Å²) in [7, 11) is 0. The average molecular weight is 459 g/mol. The lowest BCUT2D eigenvalue weighted by atomic mass is 10.0. The van der Waals surface area contributed by atoms with E-state index < -0.39 is 0 Å². The molecule has 0 N–H and O–H groups in total. The number of amides is 1. The summed E-state index contributed by atoms with van der Waals surface area (Å²) < 4.78 is 0. The molecule has 0 aliphatic carbocycles. The van der Waals surface area contributed by atoms with Gasteiger partial charge < -0.3 is 9.80 Å². The van der Waals surface area contributed by atoms with E-state index in [0.29, 0.717) is 6.54 Å². The van der Waals surface area contributed by atoms with Gasteiger partial charge >= 0.3 is 0 Å². The molecular formula is C27H30N4O3. The van der Waals surface area contributed by atoms with Gasteiger partial charge in [-0.25, -0.2) is 0 Å². The lowest BCUT2D eigenvalue weighted by Crippen LogP contribution is -2.30. The van der Waals surface area contributed by atoms with Crippen molar-refractivity contribution in [2.24, 2.45) is 0 Å². The van der Waals surface area contributed by atoms with Crippen molar-refractivity contribution in [1.29, 1.82) is 0 Å². The molecule has 0 atom stereocenters. The molecule has 1 amide bonds. The molecule has 0 aromatic heterocycles. The quantitative estimate of drug-likeness (QED) is 0.359. The van der Waals surface area contributed by atoms with Crippen LogP contribution >= 0.6 is 0 Å². The minimum absolute atomic E-state index is 0.109. The summed E-state index contributed by atoms with van der Waals surface area (Å²) in [5.41, 5.74) is 3.95. The normalized spacial score (nSPS) is 16.3. The van der Waals surface area contributed by atoms with E-state index in [2.05, 4.69) is 34.9 Å². The Hall–Kier alpha value is -3.45. The van der Waals surface area contributed by atoms with Crippen molar-refractivity contribution in [2.75, 3.05) is 42.5 Å². The number of hydrogen-bond donors (Lipinski definition) is 0. The second kappa shape index (κ2) is 9.43. The molecule has 7 nitrogen and oxygen atoms in total. The van der Waals surface area contributed by atoms with E-state index in [4.69, 9.17) is 0 Å². The van der Waals surface area contributed by atoms with Crippen LogP contribution in [0.25, 0.3) is 10.8 Å². The molecule has 1 fully saturated rings. The SMILES string of the molecule is CCCCN1C(=O)c2cccc3c(N4CCCN(Cc5ccccc5[N+](=O)[O-])CC4)ccc1c23. The highest BCUT2D eigenvalue weighted by atomic mass is 16.6. The lowest BCUT2D eigenvalue weighted by Gasteiger charge is -2.26. The van der Waals surface area contributed by atoms with Gasteiger partial charge in [0.25, 0.3) is 11.6 Å². The van der Waals surface area contributed by atoms with Crippen LogP contribution in [0.4, 0.5) is 17.1 Å². The van der Waals surface area contributed by atoms with Crippen LogP contribution in [0.15, 0.2) is 54.6 Å². The first-order chi connectivity index (χ1) is 16.6. The molecular weight excluding hydrogens is 428 g/mol. The highest BCUT2D eigenvalue weighted by molar-refractivity contribution is 6.26. The third kappa shape index (κ3) is 4.01. The van der Waals surface area contributed by atoms with Crippen LogP contribution in [-0.2, 0) is 6.54 Å². The van der Waals surface area contributed by atoms with Gasteiger partial charge in [-0.05, 0) is 31.0 Å². The van der Waals surface area contributed by atoms with Crippen LogP contribution in [-0.4, -0.2) is 48.5 Å². The smallest absolute Gasteiger partial charge is 0.273 e. The molecule has 0 unspecified atom stereocenters. The maximum Gasteiger partial charge on any atom is 0.273 e. The van der Waals surface area contributed by atoms with Crippen LogP contribution in [0.3, 0.4) is 0 Å². The Balaban J connectivity index is 1.38. The van der Waals surface area contributed by atoms with Crippen molar-refractivity contribution in [3.05, 3.63) is 75.8 Å². The van der Waals surface area contributed by atoms with E-state index in [0.717, 1.165) is 79.6 Å². The van der Waals surface area contributed by atoms with Crippen LogP contribution in [0.5, 0.6) is 0 Å². The number of hydrogen-bond acceptors (Lipinski definition) is 5. The second-order valence-electron chi connectivity index (χ2n) is 9.14. The van der Waals surface area contributed by atoms with Gasteiger partial charge in [0.2, 0.25) is 0 Å². The first kappa shape index (κ1) is 22.3. The highest BCUT2D eigenvalue weighted by Crippen LogP contribution is 2.42. The zero-order valence-corrected chi connectivity index (χ0v) is 19.6. The van der Waals surface area contributed by atoms with Crippen molar-refractivity contribution >= 4 is 33.7 Å². The number of anilines is 2. The summed E-state index contributed by atoms with van der Waals surface area (Å²) >= 11 is 0. The molecule has 34 heavy (non-hydrogen) atoms. The standard InChI is InChI=1S/C27H30N4O3/c1-2-3-16-30-25-13-12-24(21-9-6-10-22(26(21)25)27(30)32)29-15-7-14-28(17-18-29)19-20-8-4-5-11-23(20)31(33)34/h4-6,8-13H,2-3,7,14-19H2,1H3. The summed E-state index contributed by atoms with van der Waals surface area (Å²) in [5.74, 6) is 0.109. The highest BCUT2D eigenvalue weighted by Gasteiger charge is 2.31. The number of nitro benzene ring substituents is 1. The number of nitrogens with zero attached hydrogens (tertiary/aromatic N) is 4. The third-order valence-electron chi connectivity index (χ3n) is 7.01. The van der Waals surface area contributed by atoms with Gasteiger partial charge in [-0.1, -0.05) is 43.7 Å². The Bertz CT molecular complexity index is 1240. The molecule has 3 aromatic rings. The minimum atomic E-state index is -0.294. The van der Waals surface area contributed by atoms with Crippen LogP contribution in [0.2, 0.25) is 0 Å². The van der Waals surface area contributed by atoms with Crippen molar-refractivity contribution in [3.63, 3.8) is 0 Å². The first-order valence-electron chi connectivity index (χ1n) is 12.2. The molecule has 2 heterocycles. The van der Waals surface area contributed by atoms with Gasteiger partial charge in [0.05, 0.1) is 10.6 Å². The molecule has 1 saturated heterocycles. The van der Waals surface area contributed by atoms with Gasteiger partial charge in [0.15, 0.2) is 0 Å². The molecule has 5 rings (SSSR count). The fraction of sp³-hybridized carbons (Fsp3) is 0.370. The van der Waals surface area contributed by atoms with E-state index >= 15 is 0 Å². The minimum Gasteiger partial charge on any atom is -0.370 e. The van der Waals surface area contributed by atoms with Crippen molar-refractivity contribution in [1.82, 2.24) is 4.90 Å². The summed E-state index contributed by atoms with van der Waals surface area (Å²) in [5, 5.41) is 13.6. The molecule has 0 spiro atoms. The van der Waals surface area contributed by atoms with E-state index in [1.165, 1.54) is 5.69 Å². The molecule has 7 heteroatoms. The lowest BCUT2D eigenvalue weighted by molar-refractivity contribution is -0.385. The van der Waals surface area contributed by atoms with E-state index in [1.807, 2.05) is 29.2 Å². The summed E-state index contributed by atoms with van der Waals surface area (Å²) in [6.07, 6.45) is 3.02. The zero-order chi connectivity index (χ0) is 23.7. The van der Waals surface area contributed by atoms with Gasteiger partial charge in [-0.3, -0.25) is 19.8 Å². The molecule has 2 aliphatic rings. The summed E-state index contributed by atoms with van der Waals surface area (Å²) in [6.45, 7) is 6.96. The summed E-state index contributed by atoms with van der Waals surface area (Å²) in [6, 6.07) is 17.4. The van der Waals surface area contributed by atoms with Gasteiger partial charge in [0.1, 0.15) is 0 Å². The molecule has 0 bridgehead atoms. The van der Waals surface area contributed by atoms with E-state index in [9.17, 15) is 14.9 Å². The Morgan fingerprint density at radius 2 is 1.76 bits per heavy atom. The zero-order valence-electron chi connectivity index (χ0n) is 19.6. The molecule has 0 radical (unpaired) electrons. The van der Waals surface area contributed by atoms with Gasteiger partial charge in [-0.15, -0.1) is 0 Å². The van der Waals surface area contributed by atoms with Crippen molar-refractivity contribution in [2.45, 2.75) is 32.7 Å². The maximum atomic E-state index is 13.1. The number of para-hydroxylation sites is 1. The fourth-order valence-corrected chi connectivity index (χ4v) is 5.28. The molecule has 176 valence electrons. The van der Waals surface area contributed by atoms with Crippen LogP contribution in [0.1, 0.15) is 42.1 Å². The van der Waals surface area contributed by atoms with Gasteiger partial charge in [0, 0.05) is 72.9 Å².